The van der Waals surface area contributed by atoms with Crippen molar-refractivity contribution in [2.24, 2.45) is 0 Å². The molecule has 0 bridgehead atoms. The quantitative estimate of drug-likeness (QED) is 0.828. The molecule has 0 atom stereocenters. The van der Waals surface area contributed by atoms with Crippen molar-refractivity contribution < 1.29 is 9.53 Å². The Hall–Kier alpha value is -1.55. The molecule has 0 aromatic heterocycles. The Labute approximate surface area is 95.2 Å². The van der Waals surface area contributed by atoms with Gasteiger partial charge in [-0.3, -0.25) is 0 Å². The van der Waals surface area contributed by atoms with Crippen molar-refractivity contribution >= 4 is 6.09 Å². The summed E-state index contributed by atoms with van der Waals surface area (Å²) in [5.41, 5.74) is 3.89. The van der Waals surface area contributed by atoms with E-state index in [1.807, 2.05) is 36.9 Å². The van der Waals surface area contributed by atoms with E-state index in [2.05, 4.69) is 5.43 Å². The number of rotatable bonds is 2. The average Bonchev–Trinajstić information content (AvgIpc) is 2.38. The molecule has 4 heteroatoms. The Morgan fingerprint density at radius 3 is 2.88 bits per heavy atom. The zero-order chi connectivity index (χ0) is 11.2. The first-order valence-corrected chi connectivity index (χ1v) is 5.42. The molecule has 16 heavy (non-hydrogen) atoms. The van der Waals surface area contributed by atoms with E-state index < -0.39 is 0 Å². The highest BCUT2D eigenvalue weighted by atomic mass is 16.6. The van der Waals surface area contributed by atoms with Crippen LogP contribution >= 0.6 is 0 Å². The van der Waals surface area contributed by atoms with Crippen molar-refractivity contribution in [3.8, 4) is 0 Å². The van der Waals surface area contributed by atoms with Gasteiger partial charge in [0.1, 0.15) is 6.61 Å². The summed E-state index contributed by atoms with van der Waals surface area (Å²) in [6, 6.07) is 9.66. The minimum absolute atomic E-state index is 0.317. The van der Waals surface area contributed by atoms with Crippen molar-refractivity contribution in [1.82, 2.24) is 10.4 Å². The number of carbonyl (C=O) groups excluding carboxylic acids is 1. The van der Waals surface area contributed by atoms with Crippen LogP contribution in [0.3, 0.4) is 0 Å². The fourth-order valence-corrected chi connectivity index (χ4v) is 1.53. The van der Waals surface area contributed by atoms with Gasteiger partial charge in [0.2, 0.25) is 0 Å². The Balaban J connectivity index is 1.79. The highest BCUT2D eigenvalue weighted by Gasteiger charge is 2.17. The van der Waals surface area contributed by atoms with Crippen LogP contribution in [0.5, 0.6) is 0 Å². The van der Waals surface area contributed by atoms with Crippen LogP contribution in [-0.4, -0.2) is 17.6 Å². The van der Waals surface area contributed by atoms with Crippen LogP contribution in [0.15, 0.2) is 30.3 Å². The SMILES string of the molecule is O=C(OCc1ccccc1)N1CCC[CH]N1. The number of amides is 1. The van der Waals surface area contributed by atoms with Crippen molar-refractivity contribution in [3.63, 3.8) is 0 Å². The summed E-state index contributed by atoms with van der Waals surface area (Å²) in [5.74, 6) is 0. The number of hydrogen-bond donors (Lipinski definition) is 1. The molecule has 1 radical (unpaired) electrons. The number of hydrazine groups is 1. The second-order valence-electron chi connectivity index (χ2n) is 3.67. The molecule has 85 valence electrons. The Bertz CT molecular complexity index is 334. The minimum atomic E-state index is -0.320. The van der Waals surface area contributed by atoms with Gasteiger partial charge in [-0.25, -0.2) is 15.2 Å². The summed E-state index contributed by atoms with van der Waals surface area (Å²) >= 11 is 0. The van der Waals surface area contributed by atoms with Crippen molar-refractivity contribution in [2.75, 3.05) is 6.54 Å². The molecule has 2 rings (SSSR count). The molecule has 1 aromatic carbocycles. The third-order valence-electron chi connectivity index (χ3n) is 2.40. The lowest BCUT2D eigenvalue weighted by Crippen LogP contribution is -2.45. The zero-order valence-electron chi connectivity index (χ0n) is 9.06. The third-order valence-corrected chi connectivity index (χ3v) is 2.40. The largest absolute Gasteiger partial charge is 0.444 e. The molecule has 1 aliphatic rings. The van der Waals surface area contributed by atoms with Crippen LogP contribution in [0.25, 0.3) is 0 Å². The first kappa shape index (κ1) is 11.0. The van der Waals surface area contributed by atoms with Gasteiger partial charge >= 0.3 is 6.09 Å². The fraction of sp³-hybridized carbons (Fsp3) is 0.333. The lowest BCUT2D eigenvalue weighted by Gasteiger charge is -2.26. The zero-order valence-corrected chi connectivity index (χ0v) is 9.06. The van der Waals surface area contributed by atoms with E-state index in [1.165, 1.54) is 5.01 Å². The van der Waals surface area contributed by atoms with E-state index in [1.54, 1.807) is 0 Å². The van der Waals surface area contributed by atoms with E-state index in [4.69, 9.17) is 4.74 Å². The summed E-state index contributed by atoms with van der Waals surface area (Å²) in [4.78, 5) is 11.6. The van der Waals surface area contributed by atoms with Crippen molar-refractivity contribution in [2.45, 2.75) is 19.4 Å². The van der Waals surface area contributed by atoms with Crippen LogP contribution in [0.2, 0.25) is 0 Å². The topological polar surface area (TPSA) is 41.6 Å². The maximum Gasteiger partial charge on any atom is 0.424 e. The first-order valence-electron chi connectivity index (χ1n) is 5.42. The van der Waals surface area contributed by atoms with E-state index >= 15 is 0 Å². The molecular formula is C12H15N2O2. The summed E-state index contributed by atoms with van der Waals surface area (Å²) in [6.45, 7) is 2.88. The predicted octanol–water partition coefficient (Wildman–Crippen LogP) is 2.09. The number of carbonyl (C=O) groups is 1. The molecule has 0 spiro atoms. The van der Waals surface area contributed by atoms with Crippen molar-refractivity contribution in [3.05, 3.63) is 42.4 Å². The maximum absolute atomic E-state index is 11.6. The number of nitrogens with one attached hydrogen (secondary N) is 1. The summed E-state index contributed by atoms with van der Waals surface area (Å²) < 4.78 is 5.17. The second-order valence-corrected chi connectivity index (χ2v) is 3.67. The van der Waals surface area contributed by atoms with Crippen LogP contribution in [0.4, 0.5) is 4.79 Å². The maximum atomic E-state index is 11.6. The number of ether oxygens (including phenoxy) is 1. The van der Waals surface area contributed by atoms with Gasteiger partial charge < -0.3 is 4.74 Å². The monoisotopic (exact) mass is 219 g/mol. The smallest absolute Gasteiger partial charge is 0.424 e. The van der Waals surface area contributed by atoms with Crippen LogP contribution in [0.1, 0.15) is 18.4 Å². The highest BCUT2D eigenvalue weighted by Crippen LogP contribution is 2.06. The molecule has 1 saturated heterocycles. The first-order chi connectivity index (χ1) is 7.86. The van der Waals surface area contributed by atoms with Gasteiger partial charge in [0.25, 0.3) is 0 Å². The third kappa shape index (κ3) is 2.97. The van der Waals surface area contributed by atoms with Gasteiger partial charge in [0, 0.05) is 13.1 Å². The lowest BCUT2D eigenvalue weighted by atomic mass is 10.2. The average molecular weight is 219 g/mol. The Kier molecular flexibility index (Phi) is 3.77. The van der Waals surface area contributed by atoms with Gasteiger partial charge in [-0.05, 0) is 18.4 Å². The van der Waals surface area contributed by atoms with Crippen molar-refractivity contribution in [1.29, 1.82) is 0 Å². The molecule has 1 heterocycles. The van der Waals surface area contributed by atoms with Crippen LogP contribution in [0, 0.1) is 6.54 Å². The fourth-order valence-electron chi connectivity index (χ4n) is 1.53. The molecule has 1 aromatic rings. The van der Waals surface area contributed by atoms with E-state index in [0.29, 0.717) is 13.2 Å². The Morgan fingerprint density at radius 1 is 1.38 bits per heavy atom. The molecule has 0 aliphatic carbocycles. The number of benzene rings is 1. The van der Waals surface area contributed by atoms with Crippen LogP contribution in [-0.2, 0) is 11.3 Å². The molecule has 4 nitrogen and oxygen atoms in total. The molecule has 1 aliphatic heterocycles. The number of nitrogens with zero attached hydrogens (tertiary/aromatic N) is 1. The molecule has 1 fully saturated rings. The minimum Gasteiger partial charge on any atom is -0.444 e. The van der Waals surface area contributed by atoms with Crippen LogP contribution < -0.4 is 5.43 Å². The van der Waals surface area contributed by atoms with E-state index in [-0.39, 0.29) is 6.09 Å². The second kappa shape index (κ2) is 5.51. The van der Waals surface area contributed by atoms with E-state index in [0.717, 1.165) is 18.4 Å². The summed E-state index contributed by atoms with van der Waals surface area (Å²) in [5, 5.41) is 1.49. The van der Waals surface area contributed by atoms with Gasteiger partial charge in [-0.1, -0.05) is 30.3 Å². The molecular weight excluding hydrogens is 204 g/mol. The Morgan fingerprint density at radius 2 is 2.19 bits per heavy atom. The molecule has 1 N–H and O–H groups in total. The summed E-state index contributed by atoms with van der Waals surface area (Å²) in [7, 11) is 0. The normalized spacial score (nSPS) is 15.9. The van der Waals surface area contributed by atoms with Gasteiger partial charge in [0.05, 0.1) is 0 Å². The van der Waals surface area contributed by atoms with Gasteiger partial charge in [-0.2, -0.15) is 0 Å². The summed E-state index contributed by atoms with van der Waals surface area (Å²) in [6.07, 6.45) is 1.65. The lowest BCUT2D eigenvalue weighted by molar-refractivity contribution is 0.0745. The predicted molar refractivity (Wildman–Crippen MR) is 60.0 cm³/mol. The molecule has 1 amide bonds. The number of hydrogen-bond acceptors (Lipinski definition) is 3. The standard InChI is InChI=1S/C12H15N2O2/c15-12(14-9-5-4-8-13-14)16-10-11-6-2-1-3-7-11/h1-3,6-8,13H,4-5,9-10H2. The molecule has 0 unspecified atom stereocenters. The van der Waals surface area contributed by atoms with E-state index in [9.17, 15) is 4.79 Å². The highest BCUT2D eigenvalue weighted by molar-refractivity contribution is 5.67. The van der Waals surface area contributed by atoms with Gasteiger partial charge in [0.15, 0.2) is 0 Å². The molecule has 0 saturated carbocycles. The van der Waals surface area contributed by atoms with Gasteiger partial charge in [-0.15, -0.1) is 0 Å².